The fourth-order valence-electron chi connectivity index (χ4n) is 10.4. The molecule has 0 amide bonds. The van der Waals surface area contributed by atoms with Gasteiger partial charge in [-0.2, -0.15) is 5.26 Å². The highest BCUT2D eigenvalue weighted by Crippen LogP contribution is 2.43. The minimum Gasteiger partial charge on any atom is -0.307 e. The lowest BCUT2D eigenvalue weighted by Crippen LogP contribution is -2.06. The molecule has 0 saturated carbocycles. The van der Waals surface area contributed by atoms with Crippen LogP contribution in [0.3, 0.4) is 0 Å². The van der Waals surface area contributed by atoms with Crippen LogP contribution in [0, 0.1) is 39.0 Å². The van der Waals surface area contributed by atoms with E-state index in [9.17, 15) is 5.26 Å². The van der Waals surface area contributed by atoms with Crippen LogP contribution in [0.4, 0.5) is 0 Å². The first kappa shape index (κ1) is 40.6. The van der Waals surface area contributed by atoms with Crippen molar-refractivity contribution in [2.24, 2.45) is 0 Å². The number of para-hydroxylation sites is 2. The van der Waals surface area contributed by atoms with Crippen LogP contribution in [0.1, 0.15) is 27.8 Å². The average molecular weight is 872 g/mol. The number of fused-ring (bicyclic) bond motifs is 6. The average Bonchev–Trinajstić information content (AvgIpc) is 3.88. The van der Waals surface area contributed by atoms with Crippen molar-refractivity contribution < 1.29 is 0 Å². The molecule has 0 aliphatic carbocycles. The zero-order valence-corrected chi connectivity index (χ0v) is 38.3. The van der Waals surface area contributed by atoms with Crippen LogP contribution in [0.2, 0.25) is 0 Å². The second kappa shape index (κ2) is 16.2. The molecule has 12 aromatic rings. The molecule has 3 aromatic heterocycles. The summed E-state index contributed by atoms with van der Waals surface area (Å²) in [4.78, 5) is 10.6. The van der Waals surface area contributed by atoms with Crippen molar-refractivity contribution in [3.8, 4) is 73.6 Å². The maximum absolute atomic E-state index is 11.3. The number of nitrogens with zero attached hydrogens (tertiary/aromatic N) is 5. The van der Waals surface area contributed by atoms with Gasteiger partial charge in [0.05, 0.1) is 56.5 Å². The van der Waals surface area contributed by atoms with Gasteiger partial charge in [-0.05, 0) is 105 Å². The molecule has 3 heterocycles. The molecule has 5 heteroatoms. The third-order valence-corrected chi connectivity index (χ3v) is 13.3. The first-order chi connectivity index (χ1) is 33.3. The van der Waals surface area contributed by atoms with Crippen molar-refractivity contribution in [1.29, 1.82) is 5.26 Å². The summed E-state index contributed by atoms with van der Waals surface area (Å²) in [5, 5.41) is 15.9. The molecule has 5 nitrogen and oxygen atoms in total. The first-order valence-corrected chi connectivity index (χ1v) is 23.1. The van der Waals surface area contributed by atoms with E-state index in [-0.39, 0.29) is 0 Å². The molecule has 0 aliphatic heterocycles. The summed E-state index contributed by atoms with van der Waals surface area (Å²) in [6.07, 6.45) is 0. The SMILES string of the molecule is Cc1cc(C)cc(-c2ccc3c(c2)c2ccccc2n3-c2cc(C#N)c(-c3nc(-c4ccccc4)cc(-c4ccccc4)n3)cc2-n2c3ccccc3c3cc(-c4cc(C)cc(C)c4)ccc32)c1. The lowest BCUT2D eigenvalue weighted by molar-refractivity contribution is 1.09. The quantitative estimate of drug-likeness (QED) is 0.160. The third kappa shape index (κ3) is 6.94. The van der Waals surface area contributed by atoms with Crippen molar-refractivity contribution in [2.75, 3.05) is 0 Å². The van der Waals surface area contributed by atoms with Crippen LogP contribution in [0.15, 0.2) is 200 Å². The van der Waals surface area contributed by atoms with Gasteiger partial charge in [0.1, 0.15) is 0 Å². The van der Waals surface area contributed by atoms with Gasteiger partial charge >= 0.3 is 0 Å². The van der Waals surface area contributed by atoms with E-state index in [4.69, 9.17) is 9.97 Å². The zero-order valence-electron chi connectivity index (χ0n) is 38.3. The Bertz CT molecular complexity index is 3920. The van der Waals surface area contributed by atoms with Crippen LogP contribution in [-0.4, -0.2) is 19.1 Å². The predicted octanol–water partition coefficient (Wildman–Crippen LogP) is 16.1. The van der Waals surface area contributed by atoms with Gasteiger partial charge in [0.15, 0.2) is 5.82 Å². The molecular formula is C63H45N5. The van der Waals surface area contributed by atoms with Gasteiger partial charge in [0, 0.05) is 38.2 Å². The summed E-state index contributed by atoms with van der Waals surface area (Å²) in [5.41, 5.74) is 20.2. The minimum atomic E-state index is 0.476. The van der Waals surface area contributed by atoms with E-state index in [1.807, 2.05) is 42.5 Å². The van der Waals surface area contributed by atoms with Crippen molar-refractivity contribution in [1.82, 2.24) is 19.1 Å². The topological polar surface area (TPSA) is 59.4 Å². The smallest absolute Gasteiger partial charge is 0.161 e. The number of rotatable bonds is 7. The summed E-state index contributed by atoms with van der Waals surface area (Å²) in [6, 6.07) is 73.7. The second-order valence-electron chi connectivity index (χ2n) is 18.1. The number of hydrogen-bond acceptors (Lipinski definition) is 3. The largest absolute Gasteiger partial charge is 0.307 e. The van der Waals surface area contributed by atoms with E-state index < -0.39 is 0 Å². The molecule has 0 radical (unpaired) electrons. The highest BCUT2D eigenvalue weighted by Gasteiger charge is 2.24. The van der Waals surface area contributed by atoms with E-state index in [2.05, 4.69) is 201 Å². The van der Waals surface area contributed by atoms with Crippen molar-refractivity contribution in [2.45, 2.75) is 27.7 Å². The van der Waals surface area contributed by atoms with E-state index in [1.54, 1.807) is 0 Å². The van der Waals surface area contributed by atoms with Crippen molar-refractivity contribution in [3.63, 3.8) is 0 Å². The van der Waals surface area contributed by atoms with Crippen LogP contribution < -0.4 is 0 Å². The van der Waals surface area contributed by atoms with Crippen molar-refractivity contribution >= 4 is 43.6 Å². The van der Waals surface area contributed by atoms with Crippen molar-refractivity contribution in [3.05, 3.63) is 228 Å². The Hall–Kier alpha value is -8.85. The lowest BCUT2D eigenvalue weighted by Gasteiger charge is -2.19. The summed E-state index contributed by atoms with van der Waals surface area (Å²) in [5.74, 6) is 0.479. The Morgan fingerprint density at radius 1 is 0.353 bits per heavy atom. The van der Waals surface area contributed by atoms with Gasteiger partial charge in [-0.15, -0.1) is 0 Å². The molecule has 68 heavy (non-hydrogen) atoms. The van der Waals surface area contributed by atoms with Crippen LogP contribution in [-0.2, 0) is 0 Å². The van der Waals surface area contributed by atoms with E-state index in [1.165, 1.54) is 33.4 Å². The fraction of sp³-hybridized carbons (Fsp3) is 0.0635. The maximum atomic E-state index is 11.3. The maximum Gasteiger partial charge on any atom is 0.161 e. The van der Waals surface area contributed by atoms with Gasteiger partial charge in [0.25, 0.3) is 0 Å². The van der Waals surface area contributed by atoms with Gasteiger partial charge < -0.3 is 9.13 Å². The van der Waals surface area contributed by atoms with E-state index >= 15 is 0 Å². The van der Waals surface area contributed by atoms with Gasteiger partial charge in [-0.3, -0.25) is 0 Å². The molecule has 12 rings (SSSR count). The Kier molecular flexibility index (Phi) is 9.71. The van der Waals surface area contributed by atoms with Gasteiger partial charge in [0.2, 0.25) is 0 Å². The molecule has 0 saturated heterocycles. The summed E-state index contributed by atoms with van der Waals surface area (Å²) in [6.45, 7) is 8.63. The van der Waals surface area contributed by atoms with Gasteiger partial charge in [-0.25, -0.2) is 9.97 Å². The molecule has 0 unspecified atom stereocenters. The normalized spacial score (nSPS) is 11.5. The number of aryl methyl sites for hydroxylation is 4. The number of hydrogen-bond donors (Lipinski definition) is 0. The Morgan fingerprint density at radius 2 is 0.765 bits per heavy atom. The van der Waals surface area contributed by atoms with Crippen LogP contribution in [0.5, 0.6) is 0 Å². The third-order valence-electron chi connectivity index (χ3n) is 13.3. The minimum absolute atomic E-state index is 0.476. The van der Waals surface area contributed by atoms with Crippen LogP contribution >= 0.6 is 0 Å². The molecule has 322 valence electrons. The number of aromatic nitrogens is 4. The summed E-state index contributed by atoms with van der Waals surface area (Å²) >= 11 is 0. The Morgan fingerprint density at radius 3 is 1.22 bits per heavy atom. The molecular weight excluding hydrogens is 827 g/mol. The molecule has 0 atom stereocenters. The van der Waals surface area contributed by atoms with Crippen LogP contribution in [0.25, 0.3) is 111 Å². The zero-order chi connectivity index (χ0) is 46.0. The highest BCUT2D eigenvalue weighted by molar-refractivity contribution is 6.13. The summed E-state index contributed by atoms with van der Waals surface area (Å²) < 4.78 is 4.72. The standard InChI is InChI=1S/C63H45N5/c1-39-27-40(2)30-47(29-39)45-23-25-59-53(33-45)50-19-11-13-21-57(50)67(59)61-35-49(38-64)52(63-65-55(43-15-7-5-8-16-43)37-56(66-63)44-17-9-6-10-18-44)36-62(61)68-58-22-14-12-20-51(58)54-34-46(24-26-60(54)68)48-31-41(3)28-42(4)32-48/h5-37H,1-4H3. The van der Waals surface area contributed by atoms with E-state index in [0.29, 0.717) is 17.0 Å². The van der Waals surface area contributed by atoms with Gasteiger partial charge in [-0.1, -0.05) is 168 Å². The molecule has 0 aliphatic rings. The van der Waals surface area contributed by atoms with E-state index in [0.717, 1.165) is 88.6 Å². The first-order valence-electron chi connectivity index (χ1n) is 23.1. The molecule has 0 bridgehead atoms. The molecule has 0 N–H and O–H groups in total. The highest BCUT2D eigenvalue weighted by atomic mass is 15.1. The molecule has 0 spiro atoms. The Balaban J connectivity index is 1.18. The molecule has 0 fully saturated rings. The second-order valence-corrected chi connectivity index (χ2v) is 18.1. The lowest BCUT2D eigenvalue weighted by atomic mass is 9.99. The Labute approximate surface area is 395 Å². The number of benzene rings is 9. The predicted molar refractivity (Wildman–Crippen MR) is 282 cm³/mol. The summed E-state index contributed by atoms with van der Waals surface area (Å²) in [7, 11) is 0. The molecule has 9 aromatic carbocycles. The fourth-order valence-corrected chi connectivity index (χ4v) is 10.4. The number of nitriles is 1. The monoisotopic (exact) mass is 871 g/mol.